The third kappa shape index (κ3) is 6.72. The molecule has 11 heteroatoms. The van der Waals surface area contributed by atoms with Crippen molar-refractivity contribution in [1.29, 1.82) is 0 Å². The number of rotatable bonds is 10. The smallest absolute Gasteiger partial charge is 0.341 e. The minimum Gasteiger partial charge on any atom is -0.465 e. The van der Waals surface area contributed by atoms with E-state index in [1.54, 1.807) is 6.07 Å². The van der Waals surface area contributed by atoms with Crippen LogP contribution < -0.4 is 10.0 Å². The molecule has 0 aliphatic carbocycles. The molecular formula is C27H30F2N4O4S. The topological polar surface area (TPSA) is 101 Å². The minimum atomic E-state index is -3.68. The average Bonchev–Trinajstić information content (AvgIpc) is 2.92. The summed E-state index contributed by atoms with van der Waals surface area (Å²) in [5, 5.41) is 2.97. The van der Waals surface area contributed by atoms with E-state index in [9.17, 15) is 22.0 Å². The van der Waals surface area contributed by atoms with Crippen LogP contribution in [0, 0.1) is 11.6 Å². The van der Waals surface area contributed by atoms with Gasteiger partial charge < -0.3 is 15.0 Å². The lowest BCUT2D eigenvalue weighted by Gasteiger charge is -2.26. The Bertz CT molecular complexity index is 1380. The second kappa shape index (κ2) is 12.4. The van der Waals surface area contributed by atoms with Crippen LogP contribution >= 0.6 is 0 Å². The van der Waals surface area contributed by atoms with Crippen LogP contribution in [0.3, 0.4) is 0 Å². The van der Waals surface area contributed by atoms with E-state index < -0.39 is 27.6 Å². The fourth-order valence-electron chi connectivity index (χ4n) is 4.37. The van der Waals surface area contributed by atoms with Crippen LogP contribution in [0.1, 0.15) is 35.2 Å². The SMILES string of the molecule is COC(=O)c1c(F)cccc1-c1ccc(CNc2ccc(S(=O)(=O)NCCN3CCCCC3)cn2)c(F)c1. The third-order valence-corrected chi connectivity index (χ3v) is 7.89. The number of anilines is 1. The van der Waals surface area contributed by atoms with Crippen molar-refractivity contribution < 1.29 is 26.7 Å². The first-order valence-corrected chi connectivity index (χ1v) is 13.8. The molecule has 2 aromatic carbocycles. The van der Waals surface area contributed by atoms with E-state index in [1.807, 2.05) is 0 Å². The molecule has 8 nitrogen and oxygen atoms in total. The molecule has 2 heterocycles. The van der Waals surface area contributed by atoms with Gasteiger partial charge in [-0.2, -0.15) is 0 Å². The van der Waals surface area contributed by atoms with Crippen molar-refractivity contribution in [2.75, 3.05) is 38.6 Å². The highest BCUT2D eigenvalue weighted by Gasteiger charge is 2.19. The molecule has 3 aromatic rings. The van der Waals surface area contributed by atoms with Gasteiger partial charge in [0.05, 0.1) is 7.11 Å². The quantitative estimate of drug-likeness (QED) is 0.369. The summed E-state index contributed by atoms with van der Waals surface area (Å²) in [7, 11) is -2.53. The molecular weight excluding hydrogens is 514 g/mol. The molecule has 0 unspecified atom stereocenters. The van der Waals surface area contributed by atoms with Crippen molar-refractivity contribution in [3.63, 3.8) is 0 Å². The third-order valence-electron chi connectivity index (χ3n) is 6.44. The number of carbonyl (C=O) groups is 1. The molecule has 38 heavy (non-hydrogen) atoms. The second-order valence-electron chi connectivity index (χ2n) is 8.99. The Labute approximate surface area is 221 Å². The van der Waals surface area contributed by atoms with Gasteiger partial charge in [0.15, 0.2) is 0 Å². The summed E-state index contributed by atoms with van der Waals surface area (Å²) in [6.45, 7) is 3.05. The average molecular weight is 545 g/mol. The highest BCUT2D eigenvalue weighted by Crippen LogP contribution is 2.28. The summed E-state index contributed by atoms with van der Waals surface area (Å²) in [4.78, 5) is 18.5. The zero-order valence-corrected chi connectivity index (χ0v) is 21.9. The first-order chi connectivity index (χ1) is 18.3. The number of pyridine rings is 1. The van der Waals surface area contributed by atoms with Gasteiger partial charge in [0.1, 0.15) is 27.9 Å². The van der Waals surface area contributed by atoms with Gasteiger partial charge in [0, 0.05) is 31.4 Å². The number of benzene rings is 2. The van der Waals surface area contributed by atoms with Gasteiger partial charge in [-0.3, -0.25) is 0 Å². The Kier molecular flexibility index (Phi) is 9.03. The van der Waals surface area contributed by atoms with Crippen LogP contribution in [0.5, 0.6) is 0 Å². The van der Waals surface area contributed by atoms with Crippen molar-refractivity contribution >= 4 is 21.8 Å². The Morgan fingerprint density at radius 2 is 1.84 bits per heavy atom. The van der Waals surface area contributed by atoms with E-state index in [2.05, 4.69) is 24.7 Å². The first-order valence-electron chi connectivity index (χ1n) is 12.4. The van der Waals surface area contributed by atoms with Crippen LogP contribution in [-0.2, 0) is 21.3 Å². The summed E-state index contributed by atoms with van der Waals surface area (Å²) in [6, 6.07) is 11.4. The number of nitrogens with one attached hydrogen (secondary N) is 2. The normalized spacial score (nSPS) is 14.3. The maximum Gasteiger partial charge on any atom is 0.341 e. The van der Waals surface area contributed by atoms with E-state index in [0.29, 0.717) is 30.0 Å². The second-order valence-corrected chi connectivity index (χ2v) is 10.8. The number of esters is 1. The fourth-order valence-corrected chi connectivity index (χ4v) is 5.33. The van der Waals surface area contributed by atoms with E-state index in [0.717, 1.165) is 39.1 Å². The van der Waals surface area contributed by atoms with Crippen LogP contribution in [0.2, 0.25) is 0 Å². The van der Waals surface area contributed by atoms with Crippen molar-refractivity contribution in [3.05, 3.63) is 77.5 Å². The molecule has 2 N–H and O–H groups in total. The van der Waals surface area contributed by atoms with Gasteiger partial charge in [-0.1, -0.05) is 30.7 Å². The van der Waals surface area contributed by atoms with Crippen molar-refractivity contribution in [1.82, 2.24) is 14.6 Å². The van der Waals surface area contributed by atoms with Crippen molar-refractivity contribution in [3.8, 4) is 11.1 Å². The van der Waals surface area contributed by atoms with E-state index in [-0.39, 0.29) is 22.6 Å². The Morgan fingerprint density at radius 3 is 2.53 bits per heavy atom. The maximum atomic E-state index is 14.9. The van der Waals surface area contributed by atoms with E-state index in [1.165, 1.54) is 49.0 Å². The minimum absolute atomic E-state index is 0.0498. The summed E-state index contributed by atoms with van der Waals surface area (Å²) < 4.78 is 61.5. The number of likely N-dealkylation sites (tertiary alicyclic amines) is 1. The first kappa shape index (κ1) is 27.6. The maximum absolute atomic E-state index is 14.9. The number of halogens is 2. The molecule has 0 saturated carbocycles. The predicted molar refractivity (Wildman–Crippen MR) is 140 cm³/mol. The number of nitrogens with zero attached hydrogens (tertiary/aromatic N) is 2. The molecule has 0 bridgehead atoms. The van der Waals surface area contributed by atoms with Gasteiger partial charge in [0.2, 0.25) is 10.0 Å². The molecule has 4 rings (SSSR count). The van der Waals surface area contributed by atoms with Crippen molar-refractivity contribution in [2.45, 2.75) is 30.7 Å². The van der Waals surface area contributed by atoms with Gasteiger partial charge in [-0.15, -0.1) is 0 Å². The number of ether oxygens (including phenoxy) is 1. The molecule has 202 valence electrons. The summed E-state index contributed by atoms with van der Waals surface area (Å²) >= 11 is 0. The number of carbonyl (C=O) groups excluding carboxylic acids is 1. The van der Waals surface area contributed by atoms with Gasteiger partial charge >= 0.3 is 5.97 Å². The number of hydrogen-bond acceptors (Lipinski definition) is 7. The molecule has 0 atom stereocenters. The van der Waals surface area contributed by atoms with E-state index in [4.69, 9.17) is 0 Å². The molecule has 1 fully saturated rings. The molecule has 1 aliphatic heterocycles. The zero-order chi connectivity index (χ0) is 27.1. The van der Waals surface area contributed by atoms with Gasteiger partial charge in [0.25, 0.3) is 0 Å². The number of hydrogen-bond donors (Lipinski definition) is 2. The number of sulfonamides is 1. The lowest BCUT2D eigenvalue weighted by atomic mass is 9.98. The van der Waals surface area contributed by atoms with Crippen molar-refractivity contribution in [2.24, 2.45) is 0 Å². The lowest BCUT2D eigenvalue weighted by molar-refractivity contribution is 0.0596. The molecule has 1 aromatic heterocycles. The number of aromatic nitrogens is 1. The van der Waals surface area contributed by atoms with Gasteiger partial charge in [-0.25, -0.2) is 31.7 Å². The highest BCUT2D eigenvalue weighted by molar-refractivity contribution is 7.89. The number of methoxy groups -OCH3 is 1. The molecule has 0 amide bonds. The number of piperidine rings is 1. The Hall–Kier alpha value is -3.41. The summed E-state index contributed by atoms with van der Waals surface area (Å²) in [5.41, 5.74) is 0.591. The zero-order valence-electron chi connectivity index (χ0n) is 21.0. The van der Waals surface area contributed by atoms with Crippen LogP contribution in [0.25, 0.3) is 11.1 Å². The van der Waals surface area contributed by atoms with Crippen LogP contribution in [-0.4, -0.2) is 57.6 Å². The largest absolute Gasteiger partial charge is 0.465 e. The molecule has 1 aliphatic rings. The van der Waals surface area contributed by atoms with E-state index >= 15 is 0 Å². The highest BCUT2D eigenvalue weighted by atomic mass is 32.2. The summed E-state index contributed by atoms with van der Waals surface area (Å²) in [5.74, 6) is -1.79. The lowest BCUT2D eigenvalue weighted by Crippen LogP contribution is -2.37. The molecule has 0 radical (unpaired) electrons. The predicted octanol–water partition coefficient (Wildman–Crippen LogP) is 4.19. The molecule has 0 spiro atoms. The van der Waals surface area contributed by atoms with Gasteiger partial charge in [-0.05, 0) is 61.3 Å². The Morgan fingerprint density at radius 1 is 1.05 bits per heavy atom. The monoisotopic (exact) mass is 544 g/mol. The van der Waals surface area contributed by atoms with Crippen LogP contribution in [0.15, 0.2) is 59.6 Å². The standard InChI is InChI=1S/C27H30F2N4O4S/c1-37-27(34)26-22(6-5-7-23(26)28)19-8-9-20(24(29)16-19)17-30-25-11-10-21(18-31-25)38(35,36)32-12-15-33-13-3-2-4-14-33/h5-11,16,18,32H,2-4,12-15,17H2,1H3,(H,30,31). The Balaban J connectivity index is 1.37. The van der Waals surface area contributed by atoms with Crippen LogP contribution in [0.4, 0.5) is 14.6 Å². The summed E-state index contributed by atoms with van der Waals surface area (Å²) in [6.07, 6.45) is 4.76. The fraction of sp³-hybridized carbons (Fsp3) is 0.333. The molecule has 1 saturated heterocycles.